The molecule has 0 bridgehead atoms. The van der Waals surface area contributed by atoms with Crippen LogP contribution in [-0.2, 0) is 14.8 Å². The number of ether oxygens (including phenoxy) is 1. The van der Waals surface area contributed by atoms with E-state index in [1.807, 2.05) is 42.5 Å². The van der Waals surface area contributed by atoms with Crippen molar-refractivity contribution in [3.63, 3.8) is 0 Å². The van der Waals surface area contributed by atoms with Crippen molar-refractivity contribution in [2.45, 2.75) is 37.5 Å². The molecule has 0 aromatic heterocycles. The number of nitriles is 1. The average Bonchev–Trinajstić information content (AvgIpc) is 2.68. The van der Waals surface area contributed by atoms with Crippen molar-refractivity contribution in [3.8, 4) is 17.2 Å². The van der Waals surface area contributed by atoms with Gasteiger partial charge >= 0.3 is 0 Å². The lowest BCUT2D eigenvalue weighted by Gasteiger charge is -2.33. The number of rotatable bonds is 5. The Morgan fingerprint density at radius 3 is 2.52 bits per heavy atom. The molecular weight excluding hydrogens is 360 g/mol. The zero-order chi connectivity index (χ0) is 19.4. The highest BCUT2D eigenvalue weighted by Gasteiger charge is 2.31. The molecule has 1 heterocycles. The van der Waals surface area contributed by atoms with E-state index >= 15 is 0 Å². The molecule has 2 aromatic carbocycles. The summed E-state index contributed by atoms with van der Waals surface area (Å²) < 4.78 is 33.1. The third-order valence-corrected chi connectivity index (χ3v) is 6.86. The molecule has 5 nitrogen and oxygen atoms in total. The van der Waals surface area contributed by atoms with E-state index < -0.39 is 15.3 Å². The molecular formula is C21H24N2O3S. The molecule has 0 aliphatic carbocycles. The molecule has 0 spiro atoms. The number of nitrogens with zero attached hydrogens (tertiary/aromatic N) is 1. The van der Waals surface area contributed by atoms with Crippen LogP contribution in [0.3, 0.4) is 0 Å². The van der Waals surface area contributed by atoms with Crippen LogP contribution >= 0.6 is 0 Å². The third kappa shape index (κ3) is 4.38. The quantitative estimate of drug-likeness (QED) is 0.857. The molecule has 0 radical (unpaired) electrons. The van der Waals surface area contributed by atoms with Crippen LogP contribution in [0.5, 0.6) is 0 Å². The topological polar surface area (TPSA) is 79.2 Å². The Bertz CT molecular complexity index is 931. The van der Waals surface area contributed by atoms with Gasteiger partial charge < -0.3 is 4.74 Å². The summed E-state index contributed by atoms with van der Waals surface area (Å²) in [5.41, 5.74) is 3.52. The highest BCUT2D eigenvalue weighted by atomic mass is 32.2. The molecule has 0 unspecified atom stereocenters. The molecule has 2 aromatic rings. The van der Waals surface area contributed by atoms with Crippen LogP contribution in [0.2, 0.25) is 0 Å². The first-order valence-corrected chi connectivity index (χ1v) is 10.7. The fourth-order valence-electron chi connectivity index (χ4n) is 3.30. The fraction of sp³-hybridized carbons (Fsp3) is 0.381. The van der Waals surface area contributed by atoms with E-state index in [1.54, 1.807) is 19.9 Å². The fourth-order valence-corrected chi connectivity index (χ4v) is 4.27. The summed E-state index contributed by atoms with van der Waals surface area (Å²) in [6.07, 6.45) is 0.648. The second-order valence-electron chi connectivity index (χ2n) is 7.07. The Balaban J connectivity index is 1.85. The Morgan fingerprint density at radius 1 is 1.15 bits per heavy atom. The molecule has 142 valence electrons. The van der Waals surface area contributed by atoms with Gasteiger partial charge in [-0.15, -0.1) is 0 Å². The summed E-state index contributed by atoms with van der Waals surface area (Å²) in [4.78, 5) is 0. The van der Waals surface area contributed by atoms with E-state index in [0.29, 0.717) is 25.2 Å². The first-order chi connectivity index (χ1) is 12.9. The van der Waals surface area contributed by atoms with Crippen molar-refractivity contribution in [2.75, 3.05) is 13.2 Å². The molecule has 1 aliphatic heterocycles. The Labute approximate surface area is 161 Å². The van der Waals surface area contributed by atoms with E-state index in [9.17, 15) is 13.7 Å². The smallest absolute Gasteiger partial charge is 0.214 e. The number of hydrogen-bond donors (Lipinski definition) is 1. The first-order valence-electron chi connectivity index (χ1n) is 9.10. The molecule has 1 N–H and O–H groups in total. The van der Waals surface area contributed by atoms with E-state index in [2.05, 4.69) is 10.8 Å². The van der Waals surface area contributed by atoms with Gasteiger partial charge in [-0.05, 0) is 43.0 Å². The maximum Gasteiger partial charge on any atom is 0.214 e. The van der Waals surface area contributed by atoms with Gasteiger partial charge in [0.15, 0.2) is 0 Å². The number of sulfonamides is 1. The zero-order valence-electron chi connectivity index (χ0n) is 15.6. The Morgan fingerprint density at radius 2 is 1.85 bits per heavy atom. The van der Waals surface area contributed by atoms with Crippen LogP contribution in [0.4, 0.5) is 0 Å². The lowest BCUT2D eigenvalue weighted by Crippen LogP contribution is -2.46. The highest BCUT2D eigenvalue weighted by molar-refractivity contribution is 7.90. The molecule has 1 saturated heterocycles. The van der Waals surface area contributed by atoms with Gasteiger partial charge in [0.25, 0.3) is 0 Å². The Kier molecular flexibility index (Phi) is 5.95. The summed E-state index contributed by atoms with van der Waals surface area (Å²) in [6.45, 7) is 4.39. The summed E-state index contributed by atoms with van der Waals surface area (Å²) in [6, 6.07) is 17.5. The third-order valence-electron chi connectivity index (χ3n) is 4.99. The maximum absolute atomic E-state index is 12.3. The predicted octanol–water partition coefficient (Wildman–Crippen LogP) is 3.43. The van der Waals surface area contributed by atoms with Crippen molar-refractivity contribution in [1.29, 1.82) is 5.26 Å². The highest BCUT2D eigenvalue weighted by Crippen LogP contribution is 2.30. The number of nitrogens with one attached hydrogen (secondary N) is 1. The molecule has 6 heteroatoms. The average molecular weight is 385 g/mol. The van der Waals surface area contributed by atoms with Gasteiger partial charge in [-0.2, -0.15) is 5.26 Å². The molecule has 0 amide bonds. The van der Waals surface area contributed by atoms with Gasteiger partial charge in [0.2, 0.25) is 10.0 Å². The number of hydrogen-bond acceptors (Lipinski definition) is 4. The molecule has 0 saturated carbocycles. The molecule has 27 heavy (non-hydrogen) atoms. The van der Waals surface area contributed by atoms with Gasteiger partial charge in [0.05, 0.1) is 23.5 Å². The van der Waals surface area contributed by atoms with Crippen molar-refractivity contribution in [3.05, 3.63) is 59.7 Å². The van der Waals surface area contributed by atoms with E-state index in [1.165, 1.54) is 0 Å². The molecule has 3 rings (SSSR count). The van der Waals surface area contributed by atoms with Crippen LogP contribution < -0.4 is 4.72 Å². The SMILES string of the molecule is CC(C)S(=O)(=O)N[C@H]1CCOC[C@@H]1c1ccc(-c2ccccc2C#N)cc1. The molecule has 1 fully saturated rings. The minimum absolute atomic E-state index is 0.0347. The lowest BCUT2D eigenvalue weighted by atomic mass is 9.88. The van der Waals surface area contributed by atoms with Crippen molar-refractivity contribution in [1.82, 2.24) is 4.72 Å². The van der Waals surface area contributed by atoms with Gasteiger partial charge in [0.1, 0.15) is 0 Å². The summed E-state index contributed by atoms with van der Waals surface area (Å²) in [7, 11) is -3.34. The van der Waals surface area contributed by atoms with Gasteiger partial charge in [-0.25, -0.2) is 13.1 Å². The summed E-state index contributed by atoms with van der Waals surface area (Å²) in [5.74, 6) is -0.0347. The molecule has 1 aliphatic rings. The van der Waals surface area contributed by atoms with Gasteiger partial charge in [-0.1, -0.05) is 42.5 Å². The van der Waals surface area contributed by atoms with Gasteiger partial charge in [-0.3, -0.25) is 0 Å². The van der Waals surface area contributed by atoms with Crippen LogP contribution in [0.25, 0.3) is 11.1 Å². The van der Waals surface area contributed by atoms with E-state index in [-0.39, 0.29) is 12.0 Å². The lowest BCUT2D eigenvalue weighted by molar-refractivity contribution is 0.0653. The largest absolute Gasteiger partial charge is 0.381 e. The van der Waals surface area contributed by atoms with Crippen molar-refractivity contribution in [2.24, 2.45) is 0 Å². The molecule has 2 atom stereocenters. The maximum atomic E-state index is 12.3. The van der Waals surface area contributed by atoms with Crippen molar-refractivity contribution < 1.29 is 13.2 Å². The van der Waals surface area contributed by atoms with E-state index in [4.69, 9.17) is 4.74 Å². The monoisotopic (exact) mass is 384 g/mol. The van der Waals surface area contributed by atoms with Crippen LogP contribution in [0, 0.1) is 11.3 Å². The normalized spacial score (nSPS) is 20.4. The van der Waals surface area contributed by atoms with Crippen LogP contribution in [-0.4, -0.2) is 32.9 Å². The minimum Gasteiger partial charge on any atom is -0.381 e. The summed E-state index contributed by atoms with van der Waals surface area (Å²) >= 11 is 0. The van der Waals surface area contributed by atoms with Crippen molar-refractivity contribution >= 4 is 10.0 Å². The second-order valence-corrected chi connectivity index (χ2v) is 9.34. The standard InChI is InChI=1S/C21H24N2O3S/c1-15(2)27(24,25)23-21-11-12-26-14-20(21)17-9-7-16(8-10-17)19-6-4-3-5-18(19)13-22/h3-10,15,20-21,23H,11-12,14H2,1-2H3/t20-,21+/m1/s1. The zero-order valence-corrected chi connectivity index (χ0v) is 16.4. The van der Waals surface area contributed by atoms with Gasteiger partial charge in [0, 0.05) is 18.6 Å². The second kappa shape index (κ2) is 8.22. The van der Waals surface area contributed by atoms with Crippen LogP contribution in [0.1, 0.15) is 37.3 Å². The first kappa shape index (κ1) is 19.6. The minimum atomic E-state index is -3.34. The Hall–Kier alpha value is -2.20. The predicted molar refractivity (Wildman–Crippen MR) is 106 cm³/mol. The number of benzene rings is 2. The van der Waals surface area contributed by atoms with Crippen LogP contribution in [0.15, 0.2) is 48.5 Å². The van der Waals surface area contributed by atoms with E-state index in [0.717, 1.165) is 16.7 Å². The summed E-state index contributed by atoms with van der Waals surface area (Å²) in [5, 5.41) is 8.83.